The van der Waals surface area contributed by atoms with E-state index in [-0.39, 0.29) is 11.9 Å². The summed E-state index contributed by atoms with van der Waals surface area (Å²) in [6.45, 7) is 5.01. The van der Waals surface area contributed by atoms with Crippen molar-refractivity contribution >= 4 is 27.3 Å². The number of likely N-dealkylation sites (tertiary alicyclic amines) is 1. The lowest BCUT2D eigenvalue weighted by atomic mass is 10.1. The standard InChI is InChI=1S/C18H24N2OS/c1-2-11-20-12-5-7-16(20)18(21)19-10-9-14-13-22-17-8-4-3-6-15(14)17/h3-4,6,8,13,16H,2,5,7,9-12H2,1H3,(H,19,21). The molecule has 4 heteroatoms. The first kappa shape index (κ1) is 15.5. The van der Waals surface area contributed by atoms with Crippen LogP contribution in [-0.4, -0.2) is 36.5 Å². The van der Waals surface area contributed by atoms with Crippen LogP contribution in [0.1, 0.15) is 31.7 Å². The minimum absolute atomic E-state index is 0.0965. The van der Waals surface area contributed by atoms with Crippen LogP contribution in [0.15, 0.2) is 29.6 Å². The normalized spacial score (nSPS) is 18.9. The minimum Gasteiger partial charge on any atom is -0.354 e. The van der Waals surface area contributed by atoms with Crippen LogP contribution in [0.4, 0.5) is 0 Å². The molecule has 0 aliphatic carbocycles. The molecule has 1 aliphatic heterocycles. The molecule has 1 aromatic heterocycles. The van der Waals surface area contributed by atoms with Gasteiger partial charge in [0, 0.05) is 11.2 Å². The van der Waals surface area contributed by atoms with Gasteiger partial charge in [0.2, 0.25) is 5.91 Å². The molecule has 0 radical (unpaired) electrons. The van der Waals surface area contributed by atoms with Gasteiger partial charge in [-0.25, -0.2) is 0 Å². The molecule has 3 rings (SSSR count). The van der Waals surface area contributed by atoms with E-state index in [4.69, 9.17) is 0 Å². The Morgan fingerprint density at radius 1 is 1.41 bits per heavy atom. The predicted octanol–water partition coefficient (Wildman–Crippen LogP) is 3.43. The summed E-state index contributed by atoms with van der Waals surface area (Å²) in [6, 6.07) is 8.58. The lowest BCUT2D eigenvalue weighted by Gasteiger charge is -2.22. The van der Waals surface area contributed by atoms with Gasteiger partial charge in [0.05, 0.1) is 6.04 Å². The summed E-state index contributed by atoms with van der Waals surface area (Å²) in [7, 11) is 0. The fraction of sp³-hybridized carbons (Fsp3) is 0.500. The molecule has 2 heterocycles. The van der Waals surface area contributed by atoms with Crippen LogP contribution in [-0.2, 0) is 11.2 Å². The Balaban J connectivity index is 1.53. The van der Waals surface area contributed by atoms with Gasteiger partial charge in [0.15, 0.2) is 0 Å². The number of amides is 1. The van der Waals surface area contributed by atoms with Crippen LogP contribution in [0.5, 0.6) is 0 Å². The van der Waals surface area contributed by atoms with Crippen molar-refractivity contribution in [2.45, 2.75) is 38.6 Å². The average Bonchev–Trinajstić information content (AvgIpc) is 3.15. The Morgan fingerprint density at radius 2 is 2.27 bits per heavy atom. The molecular weight excluding hydrogens is 292 g/mol. The van der Waals surface area contributed by atoms with Crippen LogP contribution >= 0.6 is 11.3 Å². The maximum absolute atomic E-state index is 12.4. The van der Waals surface area contributed by atoms with Gasteiger partial charge >= 0.3 is 0 Å². The van der Waals surface area contributed by atoms with E-state index in [1.807, 2.05) is 0 Å². The Labute approximate surface area is 136 Å². The number of hydrogen-bond donors (Lipinski definition) is 1. The van der Waals surface area contributed by atoms with E-state index in [0.717, 1.165) is 45.3 Å². The molecule has 22 heavy (non-hydrogen) atoms. The molecule has 1 unspecified atom stereocenters. The summed E-state index contributed by atoms with van der Waals surface area (Å²) >= 11 is 1.78. The molecule has 1 saturated heterocycles. The summed E-state index contributed by atoms with van der Waals surface area (Å²) < 4.78 is 1.33. The van der Waals surface area contributed by atoms with Crippen molar-refractivity contribution < 1.29 is 4.79 Å². The lowest BCUT2D eigenvalue weighted by molar-refractivity contribution is -0.125. The van der Waals surface area contributed by atoms with Gasteiger partial charge in [-0.1, -0.05) is 25.1 Å². The van der Waals surface area contributed by atoms with Crippen LogP contribution in [0.25, 0.3) is 10.1 Å². The van der Waals surface area contributed by atoms with Crippen molar-refractivity contribution in [2.24, 2.45) is 0 Å². The zero-order valence-corrected chi connectivity index (χ0v) is 14.0. The van der Waals surface area contributed by atoms with Gasteiger partial charge in [-0.3, -0.25) is 9.69 Å². The van der Waals surface area contributed by atoms with E-state index >= 15 is 0 Å². The van der Waals surface area contributed by atoms with Crippen molar-refractivity contribution in [1.29, 1.82) is 0 Å². The number of benzene rings is 1. The number of hydrogen-bond acceptors (Lipinski definition) is 3. The van der Waals surface area contributed by atoms with E-state index < -0.39 is 0 Å². The van der Waals surface area contributed by atoms with Crippen molar-refractivity contribution in [2.75, 3.05) is 19.6 Å². The average molecular weight is 316 g/mol. The molecule has 0 bridgehead atoms. The largest absolute Gasteiger partial charge is 0.354 e. The fourth-order valence-electron chi connectivity index (χ4n) is 3.34. The first-order chi connectivity index (χ1) is 10.8. The van der Waals surface area contributed by atoms with Crippen LogP contribution < -0.4 is 5.32 Å². The summed E-state index contributed by atoms with van der Waals surface area (Å²) in [5, 5.41) is 6.69. The van der Waals surface area contributed by atoms with Gasteiger partial charge in [-0.15, -0.1) is 11.3 Å². The summed E-state index contributed by atoms with van der Waals surface area (Å²) in [6.07, 6.45) is 4.18. The maximum atomic E-state index is 12.4. The minimum atomic E-state index is 0.0965. The third-order valence-electron chi connectivity index (χ3n) is 4.43. The molecule has 3 nitrogen and oxygen atoms in total. The fourth-order valence-corrected chi connectivity index (χ4v) is 4.34. The number of carbonyl (C=O) groups excluding carboxylic acids is 1. The Kier molecular flexibility index (Phi) is 5.11. The smallest absolute Gasteiger partial charge is 0.237 e. The molecule has 1 aliphatic rings. The highest BCUT2D eigenvalue weighted by Gasteiger charge is 2.29. The Hall–Kier alpha value is -1.39. The Bertz CT molecular complexity index is 637. The van der Waals surface area contributed by atoms with Crippen LogP contribution in [0, 0.1) is 0 Å². The second-order valence-electron chi connectivity index (χ2n) is 5.99. The maximum Gasteiger partial charge on any atom is 0.237 e. The third kappa shape index (κ3) is 3.33. The van der Waals surface area contributed by atoms with Crippen LogP contribution in [0.3, 0.4) is 0 Å². The molecule has 1 atom stereocenters. The molecule has 2 aromatic rings. The van der Waals surface area contributed by atoms with E-state index in [1.54, 1.807) is 11.3 Å². The van der Waals surface area contributed by atoms with Crippen molar-refractivity contribution in [3.8, 4) is 0 Å². The third-order valence-corrected chi connectivity index (χ3v) is 5.44. The first-order valence-corrected chi connectivity index (χ1v) is 9.14. The lowest BCUT2D eigenvalue weighted by Crippen LogP contribution is -2.44. The molecule has 1 amide bonds. The summed E-state index contributed by atoms with van der Waals surface area (Å²) in [4.78, 5) is 14.7. The Morgan fingerprint density at radius 3 is 3.14 bits per heavy atom. The summed E-state index contributed by atoms with van der Waals surface area (Å²) in [5.74, 6) is 0.213. The van der Waals surface area contributed by atoms with Gasteiger partial charge in [-0.05, 0) is 61.2 Å². The zero-order valence-electron chi connectivity index (χ0n) is 13.2. The summed E-state index contributed by atoms with van der Waals surface area (Å²) in [5.41, 5.74) is 1.35. The van der Waals surface area contributed by atoms with E-state index in [1.165, 1.54) is 15.6 Å². The van der Waals surface area contributed by atoms with E-state index in [2.05, 4.69) is 46.8 Å². The molecule has 1 N–H and O–H groups in total. The number of carbonyl (C=O) groups is 1. The van der Waals surface area contributed by atoms with Gasteiger partial charge in [0.25, 0.3) is 0 Å². The number of rotatable bonds is 6. The topological polar surface area (TPSA) is 32.3 Å². The zero-order chi connectivity index (χ0) is 15.4. The molecular formula is C18H24N2OS. The highest BCUT2D eigenvalue weighted by atomic mass is 32.1. The first-order valence-electron chi connectivity index (χ1n) is 8.26. The number of fused-ring (bicyclic) bond motifs is 1. The molecule has 1 aromatic carbocycles. The molecule has 0 saturated carbocycles. The van der Waals surface area contributed by atoms with Crippen molar-refractivity contribution in [1.82, 2.24) is 10.2 Å². The van der Waals surface area contributed by atoms with Crippen molar-refractivity contribution in [3.63, 3.8) is 0 Å². The van der Waals surface area contributed by atoms with Gasteiger partial charge < -0.3 is 5.32 Å². The number of nitrogens with one attached hydrogen (secondary N) is 1. The molecule has 0 spiro atoms. The monoisotopic (exact) mass is 316 g/mol. The van der Waals surface area contributed by atoms with Crippen molar-refractivity contribution in [3.05, 3.63) is 35.2 Å². The molecule has 1 fully saturated rings. The van der Waals surface area contributed by atoms with Gasteiger partial charge in [0.1, 0.15) is 0 Å². The van der Waals surface area contributed by atoms with Crippen LogP contribution in [0.2, 0.25) is 0 Å². The highest BCUT2D eigenvalue weighted by molar-refractivity contribution is 7.17. The quantitative estimate of drug-likeness (QED) is 0.885. The van der Waals surface area contributed by atoms with E-state index in [0.29, 0.717) is 0 Å². The highest BCUT2D eigenvalue weighted by Crippen LogP contribution is 2.25. The van der Waals surface area contributed by atoms with Gasteiger partial charge in [-0.2, -0.15) is 0 Å². The number of thiophene rings is 1. The second-order valence-corrected chi connectivity index (χ2v) is 6.90. The molecule has 118 valence electrons. The predicted molar refractivity (Wildman–Crippen MR) is 93.4 cm³/mol. The number of nitrogens with zero attached hydrogens (tertiary/aromatic N) is 1. The second kappa shape index (κ2) is 7.25. The SMILES string of the molecule is CCCN1CCCC1C(=O)NCCc1csc2ccccc12. The van der Waals surface area contributed by atoms with E-state index in [9.17, 15) is 4.79 Å².